The van der Waals surface area contributed by atoms with E-state index in [0.717, 1.165) is 11.6 Å². The molecular weight excluding hydrogens is 222 g/mol. The van der Waals surface area contributed by atoms with Gasteiger partial charge in [0.2, 0.25) is 0 Å². The third kappa shape index (κ3) is 3.49. The van der Waals surface area contributed by atoms with E-state index in [2.05, 4.69) is 19.9 Å². The molecule has 1 aromatic carbocycles. The largest absolute Gasteiger partial charge is 0.399 e. The van der Waals surface area contributed by atoms with Crippen molar-refractivity contribution in [2.45, 2.75) is 58.2 Å². The summed E-state index contributed by atoms with van der Waals surface area (Å²) in [6, 6.07) is 8.04. The van der Waals surface area contributed by atoms with Crippen molar-refractivity contribution in [1.82, 2.24) is 0 Å². The summed E-state index contributed by atoms with van der Waals surface area (Å²) in [6.07, 6.45) is 6.99. The van der Waals surface area contributed by atoms with E-state index in [1.807, 2.05) is 18.2 Å². The highest BCUT2D eigenvalue weighted by atomic mass is 16.5. The number of benzene rings is 1. The summed E-state index contributed by atoms with van der Waals surface area (Å²) < 4.78 is 6.21. The van der Waals surface area contributed by atoms with Gasteiger partial charge in [-0.3, -0.25) is 0 Å². The molecule has 0 spiro atoms. The van der Waals surface area contributed by atoms with E-state index in [0.29, 0.717) is 6.10 Å². The van der Waals surface area contributed by atoms with E-state index < -0.39 is 0 Å². The summed E-state index contributed by atoms with van der Waals surface area (Å²) in [5.41, 5.74) is 7.82. The Kier molecular flexibility index (Phi) is 4.65. The fraction of sp³-hybridized carbons (Fsp3) is 0.625. The first-order chi connectivity index (χ1) is 8.69. The molecule has 2 nitrogen and oxygen atoms in total. The minimum absolute atomic E-state index is 0.147. The zero-order chi connectivity index (χ0) is 13.0. The van der Waals surface area contributed by atoms with Crippen molar-refractivity contribution in [2.75, 3.05) is 5.73 Å². The van der Waals surface area contributed by atoms with Gasteiger partial charge in [0.25, 0.3) is 0 Å². The SMILES string of the molecule is CCC1CCCC(OC(C)c2cccc(N)c2)C1. The fourth-order valence-corrected chi connectivity index (χ4v) is 2.92. The Morgan fingerprint density at radius 3 is 2.94 bits per heavy atom. The van der Waals surface area contributed by atoms with E-state index in [4.69, 9.17) is 10.5 Å². The molecule has 0 amide bonds. The third-order valence-corrected chi connectivity index (χ3v) is 4.09. The molecule has 1 fully saturated rings. The van der Waals surface area contributed by atoms with E-state index in [1.165, 1.54) is 37.7 Å². The van der Waals surface area contributed by atoms with E-state index in [-0.39, 0.29) is 6.10 Å². The van der Waals surface area contributed by atoms with Crippen LogP contribution < -0.4 is 5.73 Å². The normalized spacial score (nSPS) is 25.9. The zero-order valence-electron chi connectivity index (χ0n) is 11.6. The van der Waals surface area contributed by atoms with Crippen LogP contribution in [-0.4, -0.2) is 6.10 Å². The monoisotopic (exact) mass is 247 g/mol. The maximum absolute atomic E-state index is 6.21. The molecule has 1 aromatic rings. The summed E-state index contributed by atoms with van der Waals surface area (Å²) in [4.78, 5) is 0. The molecule has 0 heterocycles. The van der Waals surface area contributed by atoms with Crippen LogP contribution in [0.25, 0.3) is 0 Å². The van der Waals surface area contributed by atoms with E-state index in [1.54, 1.807) is 0 Å². The lowest BCUT2D eigenvalue weighted by molar-refractivity contribution is -0.0339. The van der Waals surface area contributed by atoms with Crippen molar-refractivity contribution in [2.24, 2.45) is 5.92 Å². The molecular formula is C16H25NO. The molecule has 2 N–H and O–H groups in total. The predicted octanol–water partition coefficient (Wildman–Crippen LogP) is 4.32. The van der Waals surface area contributed by atoms with Gasteiger partial charge in [0.1, 0.15) is 0 Å². The van der Waals surface area contributed by atoms with Crippen molar-refractivity contribution >= 4 is 5.69 Å². The van der Waals surface area contributed by atoms with Crippen molar-refractivity contribution in [1.29, 1.82) is 0 Å². The number of nitrogen functional groups attached to an aromatic ring is 1. The van der Waals surface area contributed by atoms with Crippen LogP contribution in [0.5, 0.6) is 0 Å². The maximum atomic E-state index is 6.21. The summed E-state index contributed by atoms with van der Waals surface area (Å²) in [6.45, 7) is 4.42. The Morgan fingerprint density at radius 1 is 1.39 bits per heavy atom. The average molecular weight is 247 g/mol. The summed E-state index contributed by atoms with van der Waals surface area (Å²) in [5.74, 6) is 0.858. The van der Waals surface area contributed by atoms with Gasteiger partial charge in [-0.15, -0.1) is 0 Å². The molecule has 0 aliphatic heterocycles. The van der Waals surface area contributed by atoms with Gasteiger partial charge in [0.15, 0.2) is 0 Å². The highest BCUT2D eigenvalue weighted by Gasteiger charge is 2.23. The second-order valence-corrected chi connectivity index (χ2v) is 5.51. The first kappa shape index (κ1) is 13.4. The van der Waals surface area contributed by atoms with Crippen molar-refractivity contribution in [3.63, 3.8) is 0 Å². The lowest BCUT2D eigenvalue weighted by Crippen LogP contribution is -2.23. The van der Waals surface area contributed by atoms with Crippen LogP contribution in [0, 0.1) is 5.92 Å². The Morgan fingerprint density at radius 2 is 2.22 bits per heavy atom. The van der Waals surface area contributed by atoms with Crippen LogP contribution in [0.15, 0.2) is 24.3 Å². The fourth-order valence-electron chi connectivity index (χ4n) is 2.92. The number of hydrogen-bond acceptors (Lipinski definition) is 2. The summed E-state index contributed by atoms with van der Waals surface area (Å²) in [7, 11) is 0. The van der Waals surface area contributed by atoms with Gasteiger partial charge in [-0.25, -0.2) is 0 Å². The maximum Gasteiger partial charge on any atom is 0.0801 e. The number of hydrogen-bond donors (Lipinski definition) is 1. The number of nitrogens with two attached hydrogens (primary N) is 1. The summed E-state index contributed by atoms with van der Waals surface area (Å²) >= 11 is 0. The number of rotatable bonds is 4. The van der Waals surface area contributed by atoms with E-state index >= 15 is 0 Å². The van der Waals surface area contributed by atoms with Gasteiger partial charge >= 0.3 is 0 Å². The van der Waals surface area contributed by atoms with Crippen LogP contribution in [0.1, 0.15) is 57.6 Å². The standard InChI is InChI=1S/C16H25NO/c1-3-13-6-4-9-16(10-13)18-12(2)14-7-5-8-15(17)11-14/h5,7-8,11-13,16H,3-4,6,9-10,17H2,1-2H3. The van der Waals surface area contributed by atoms with Crippen molar-refractivity contribution in [3.05, 3.63) is 29.8 Å². The first-order valence-electron chi connectivity index (χ1n) is 7.20. The van der Waals surface area contributed by atoms with Crippen molar-refractivity contribution in [3.8, 4) is 0 Å². The zero-order valence-corrected chi connectivity index (χ0v) is 11.6. The van der Waals surface area contributed by atoms with Crippen LogP contribution in [0.2, 0.25) is 0 Å². The molecule has 3 unspecified atom stereocenters. The van der Waals surface area contributed by atoms with Crippen LogP contribution in [0.4, 0.5) is 5.69 Å². The average Bonchev–Trinajstić information content (AvgIpc) is 2.39. The van der Waals surface area contributed by atoms with Crippen LogP contribution >= 0.6 is 0 Å². The molecule has 3 atom stereocenters. The predicted molar refractivity (Wildman–Crippen MR) is 76.4 cm³/mol. The van der Waals surface area contributed by atoms with Gasteiger partial charge in [-0.2, -0.15) is 0 Å². The highest BCUT2D eigenvalue weighted by Crippen LogP contribution is 2.31. The Labute approximate surface area is 111 Å². The number of ether oxygens (including phenoxy) is 1. The van der Waals surface area contributed by atoms with Crippen LogP contribution in [-0.2, 0) is 4.74 Å². The molecule has 0 saturated heterocycles. The first-order valence-corrected chi connectivity index (χ1v) is 7.20. The lowest BCUT2D eigenvalue weighted by atomic mass is 9.85. The molecule has 2 heteroatoms. The minimum Gasteiger partial charge on any atom is -0.399 e. The number of anilines is 1. The van der Waals surface area contributed by atoms with E-state index in [9.17, 15) is 0 Å². The molecule has 2 rings (SSSR count). The topological polar surface area (TPSA) is 35.2 Å². The second kappa shape index (κ2) is 6.24. The third-order valence-electron chi connectivity index (χ3n) is 4.09. The molecule has 1 aliphatic carbocycles. The van der Waals surface area contributed by atoms with Crippen LogP contribution in [0.3, 0.4) is 0 Å². The molecule has 1 aliphatic rings. The van der Waals surface area contributed by atoms with Gasteiger partial charge in [-0.05, 0) is 43.4 Å². The Hall–Kier alpha value is -1.02. The molecule has 0 bridgehead atoms. The van der Waals surface area contributed by atoms with Gasteiger partial charge < -0.3 is 10.5 Å². The molecule has 18 heavy (non-hydrogen) atoms. The minimum atomic E-state index is 0.147. The summed E-state index contributed by atoms with van der Waals surface area (Å²) in [5, 5.41) is 0. The second-order valence-electron chi connectivity index (χ2n) is 5.51. The smallest absolute Gasteiger partial charge is 0.0801 e. The Bertz CT molecular complexity index is 377. The molecule has 100 valence electrons. The highest BCUT2D eigenvalue weighted by molar-refractivity contribution is 5.41. The Balaban J connectivity index is 1.92. The molecule has 1 saturated carbocycles. The lowest BCUT2D eigenvalue weighted by Gasteiger charge is -2.30. The quantitative estimate of drug-likeness (QED) is 0.804. The molecule has 0 radical (unpaired) electrons. The van der Waals surface area contributed by atoms with Gasteiger partial charge in [0, 0.05) is 5.69 Å². The molecule has 0 aromatic heterocycles. The van der Waals surface area contributed by atoms with Gasteiger partial charge in [-0.1, -0.05) is 38.3 Å². The van der Waals surface area contributed by atoms with Gasteiger partial charge in [0.05, 0.1) is 12.2 Å². The van der Waals surface area contributed by atoms with Crippen molar-refractivity contribution < 1.29 is 4.74 Å².